The smallest absolute Gasteiger partial charge is 0.447 e. The summed E-state index contributed by atoms with van der Waals surface area (Å²) in [4.78, 5) is 21.9. The summed E-state index contributed by atoms with van der Waals surface area (Å²) in [5.41, 5.74) is 0. The maximum atomic E-state index is 11.0. The molecule has 0 spiro atoms. The Morgan fingerprint density at radius 1 is 1.06 bits per heavy atom. The Bertz CT molecular complexity index is 264. The molecule has 0 N–H and O–H groups in total. The number of carbonyl (C=O) groups excluding carboxylic acids is 2. The van der Waals surface area contributed by atoms with E-state index in [1.807, 2.05) is 20.8 Å². The molecule has 17 heavy (non-hydrogen) atoms. The van der Waals surface area contributed by atoms with Crippen molar-refractivity contribution in [2.75, 3.05) is 13.2 Å². The minimum Gasteiger partial charge on any atom is -0.447 e. The molecule has 0 aliphatic carbocycles. The normalized spacial score (nSPS) is 10.8. The van der Waals surface area contributed by atoms with E-state index in [0.29, 0.717) is 6.61 Å². The number of unbranched alkanes of at least 4 members (excludes halogenated alkanes) is 2. The summed E-state index contributed by atoms with van der Waals surface area (Å²) in [6, 6.07) is 0. The lowest BCUT2D eigenvalue weighted by Crippen LogP contribution is -2.06. The van der Waals surface area contributed by atoms with Crippen LogP contribution in [0.2, 0.25) is 0 Å². The van der Waals surface area contributed by atoms with Gasteiger partial charge in [0.1, 0.15) is 0 Å². The highest BCUT2D eigenvalue weighted by atomic mass is 16.6. The van der Waals surface area contributed by atoms with Crippen LogP contribution in [0.1, 0.15) is 40.0 Å². The fraction of sp³-hybridized carbons (Fsp3) is 0.818. The Hall–Kier alpha value is -1.46. The average molecular weight is 244 g/mol. The maximum absolute atomic E-state index is 11.0. The molecule has 0 aromatic heterocycles. The Morgan fingerprint density at radius 2 is 1.65 bits per heavy atom. The zero-order valence-corrected chi connectivity index (χ0v) is 10.6. The number of hydrogen-bond donors (Lipinski definition) is 0. The molecule has 0 atom stereocenters. The van der Waals surface area contributed by atoms with Crippen molar-refractivity contribution in [3.8, 4) is 0 Å². The second kappa shape index (κ2) is 9.74. The van der Waals surface area contributed by atoms with Gasteiger partial charge in [0.15, 0.2) is 0 Å². The van der Waals surface area contributed by atoms with Crippen molar-refractivity contribution in [1.82, 2.24) is 0 Å². The van der Waals surface area contributed by atoms with Gasteiger partial charge < -0.3 is 9.47 Å². The Balaban J connectivity index is 3.67. The molecule has 6 heteroatoms. The fourth-order valence-electron chi connectivity index (χ4n) is 0.889. The van der Waals surface area contributed by atoms with Crippen LogP contribution in [0.4, 0.5) is 9.59 Å². The first-order chi connectivity index (χ1) is 8.06. The van der Waals surface area contributed by atoms with E-state index in [0.717, 1.165) is 19.3 Å². The number of rotatable bonds is 6. The molecule has 0 saturated heterocycles. The lowest BCUT2D eigenvalue weighted by molar-refractivity contribution is 0.137. The Kier molecular flexibility index (Phi) is 8.91. The molecule has 0 aliphatic rings. The van der Waals surface area contributed by atoms with Gasteiger partial charge in [-0.3, -0.25) is 0 Å². The number of azo groups is 1. The van der Waals surface area contributed by atoms with E-state index in [1.54, 1.807) is 0 Å². The van der Waals surface area contributed by atoms with Crippen LogP contribution in [-0.4, -0.2) is 25.4 Å². The van der Waals surface area contributed by atoms with Crippen LogP contribution >= 0.6 is 0 Å². The van der Waals surface area contributed by atoms with Crippen LogP contribution in [0.15, 0.2) is 10.2 Å². The Morgan fingerprint density at radius 3 is 2.18 bits per heavy atom. The number of nitrogens with zero attached hydrogens (tertiary/aromatic N) is 2. The molecule has 0 unspecified atom stereocenters. The predicted octanol–water partition coefficient (Wildman–Crippen LogP) is 3.56. The van der Waals surface area contributed by atoms with Crippen LogP contribution in [0.3, 0.4) is 0 Å². The lowest BCUT2D eigenvalue weighted by Gasteiger charge is -2.02. The zero-order chi connectivity index (χ0) is 13.1. The second-order valence-corrected chi connectivity index (χ2v) is 3.99. The zero-order valence-electron chi connectivity index (χ0n) is 10.6. The first kappa shape index (κ1) is 15.5. The maximum Gasteiger partial charge on any atom is 0.452 e. The van der Waals surface area contributed by atoms with Crippen molar-refractivity contribution in [1.29, 1.82) is 0 Å². The third-order valence-electron chi connectivity index (χ3n) is 1.73. The second-order valence-electron chi connectivity index (χ2n) is 3.99. The van der Waals surface area contributed by atoms with Crippen LogP contribution in [0.5, 0.6) is 0 Å². The minimum absolute atomic E-state index is 0.218. The van der Waals surface area contributed by atoms with Crippen molar-refractivity contribution in [3.05, 3.63) is 0 Å². The largest absolute Gasteiger partial charge is 0.452 e. The van der Waals surface area contributed by atoms with E-state index in [1.165, 1.54) is 0 Å². The van der Waals surface area contributed by atoms with Gasteiger partial charge in [0.2, 0.25) is 0 Å². The van der Waals surface area contributed by atoms with Crippen LogP contribution in [-0.2, 0) is 9.47 Å². The highest BCUT2D eigenvalue weighted by Gasteiger charge is 2.04. The van der Waals surface area contributed by atoms with E-state index >= 15 is 0 Å². The summed E-state index contributed by atoms with van der Waals surface area (Å²) >= 11 is 0. The molecule has 0 radical (unpaired) electrons. The molecule has 98 valence electrons. The van der Waals surface area contributed by atoms with E-state index in [2.05, 4.69) is 15.0 Å². The molecule has 0 saturated carbocycles. The van der Waals surface area contributed by atoms with Crippen LogP contribution in [0, 0.1) is 5.92 Å². The molecule has 2 amide bonds. The molecule has 6 nitrogen and oxygen atoms in total. The van der Waals surface area contributed by atoms with Crippen LogP contribution < -0.4 is 0 Å². The minimum atomic E-state index is -0.871. The molecule has 0 heterocycles. The first-order valence-corrected chi connectivity index (χ1v) is 5.81. The number of carbonyl (C=O) groups is 2. The van der Waals surface area contributed by atoms with Crippen molar-refractivity contribution >= 4 is 12.2 Å². The topological polar surface area (TPSA) is 77.3 Å². The quantitative estimate of drug-likeness (QED) is 0.528. The van der Waals surface area contributed by atoms with Gasteiger partial charge in [0.05, 0.1) is 13.2 Å². The van der Waals surface area contributed by atoms with Crippen molar-refractivity contribution < 1.29 is 19.1 Å². The highest BCUT2D eigenvalue weighted by Crippen LogP contribution is 1.98. The first-order valence-electron chi connectivity index (χ1n) is 5.81. The number of amides is 2. The van der Waals surface area contributed by atoms with Gasteiger partial charge in [-0.05, 0) is 12.3 Å². The summed E-state index contributed by atoms with van der Waals surface area (Å²) in [5.74, 6) is 0.218. The standard InChI is InChI=1S/C11H20N2O4/c1-4-5-6-7-16-10(14)12-13-11(15)17-8-9(2)3/h9H,4-8H2,1-3H3. The number of hydrogen-bond acceptors (Lipinski definition) is 4. The van der Waals surface area contributed by atoms with Crippen LogP contribution in [0.25, 0.3) is 0 Å². The SMILES string of the molecule is CCCCCOC(=O)N=NC(=O)OCC(C)C. The predicted molar refractivity (Wildman–Crippen MR) is 61.9 cm³/mol. The van der Waals surface area contributed by atoms with Gasteiger partial charge in [0.25, 0.3) is 0 Å². The summed E-state index contributed by atoms with van der Waals surface area (Å²) in [6.07, 6.45) is 1.09. The third kappa shape index (κ3) is 10.8. The van der Waals surface area contributed by atoms with E-state index in [9.17, 15) is 9.59 Å². The molecule has 0 aliphatic heterocycles. The molecular formula is C11H20N2O4. The number of ether oxygens (including phenoxy) is 2. The van der Waals surface area contributed by atoms with Gasteiger partial charge in [-0.2, -0.15) is 0 Å². The summed E-state index contributed by atoms with van der Waals surface area (Å²) in [5, 5.41) is 6.17. The monoisotopic (exact) mass is 244 g/mol. The fourth-order valence-corrected chi connectivity index (χ4v) is 0.889. The van der Waals surface area contributed by atoms with Crippen molar-refractivity contribution in [2.45, 2.75) is 40.0 Å². The molecule has 0 rings (SSSR count). The average Bonchev–Trinajstić information content (AvgIpc) is 2.29. The van der Waals surface area contributed by atoms with Gasteiger partial charge in [-0.25, -0.2) is 9.59 Å². The summed E-state index contributed by atoms with van der Waals surface area (Å²) in [7, 11) is 0. The van der Waals surface area contributed by atoms with Gasteiger partial charge >= 0.3 is 12.2 Å². The molecular weight excluding hydrogens is 224 g/mol. The van der Waals surface area contributed by atoms with E-state index in [4.69, 9.17) is 4.74 Å². The molecule has 0 bridgehead atoms. The van der Waals surface area contributed by atoms with E-state index in [-0.39, 0.29) is 12.5 Å². The molecule has 0 aromatic carbocycles. The Labute approximate surface area is 101 Å². The van der Waals surface area contributed by atoms with Gasteiger partial charge in [-0.15, -0.1) is 0 Å². The van der Waals surface area contributed by atoms with E-state index < -0.39 is 12.2 Å². The molecule has 0 fully saturated rings. The summed E-state index contributed by atoms with van der Waals surface area (Å²) < 4.78 is 9.40. The summed E-state index contributed by atoms with van der Waals surface area (Å²) in [6.45, 7) is 6.39. The van der Waals surface area contributed by atoms with Gasteiger partial charge in [0, 0.05) is 0 Å². The third-order valence-corrected chi connectivity index (χ3v) is 1.73. The highest BCUT2D eigenvalue weighted by molar-refractivity contribution is 5.73. The van der Waals surface area contributed by atoms with Crippen molar-refractivity contribution in [3.63, 3.8) is 0 Å². The molecule has 0 aromatic rings. The lowest BCUT2D eigenvalue weighted by atomic mass is 10.2. The van der Waals surface area contributed by atoms with Gasteiger partial charge in [-0.1, -0.05) is 43.8 Å². The van der Waals surface area contributed by atoms with Crippen molar-refractivity contribution in [2.24, 2.45) is 16.1 Å².